The number of nitrogens with two attached hydrogens (primary N) is 1. The highest BCUT2D eigenvalue weighted by atomic mass is 35.5. The minimum atomic E-state index is 0.397. The fourth-order valence-corrected chi connectivity index (χ4v) is 3.56. The quantitative estimate of drug-likeness (QED) is 0.568. The number of nitrogens with zero attached hydrogens (tertiary/aromatic N) is 4. The normalized spacial score (nSPS) is 10.8. The first kappa shape index (κ1) is 16.6. The predicted molar refractivity (Wildman–Crippen MR) is 104 cm³/mol. The molecule has 2 N–H and O–H groups in total. The summed E-state index contributed by atoms with van der Waals surface area (Å²) in [6.07, 6.45) is 0. The molecule has 2 aromatic heterocycles. The minimum absolute atomic E-state index is 0.397. The lowest BCUT2D eigenvalue weighted by Gasteiger charge is -2.04. The zero-order valence-electron chi connectivity index (χ0n) is 13.8. The highest BCUT2D eigenvalue weighted by Gasteiger charge is 2.18. The van der Waals surface area contributed by atoms with Crippen molar-refractivity contribution in [3.63, 3.8) is 0 Å². The van der Waals surface area contributed by atoms with Gasteiger partial charge in [0.25, 0.3) is 0 Å². The minimum Gasteiger partial charge on any atom is -0.497 e. The summed E-state index contributed by atoms with van der Waals surface area (Å²) in [5.41, 5.74) is 9.30. The van der Waals surface area contributed by atoms with Crippen LogP contribution < -0.4 is 10.5 Å². The summed E-state index contributed by atoms with van der Waals surface area (Å²) in [7, 11) is 1.64. The highest BCUT2D eigenvalue weighted by Crippen LogP contribution is 2.33. The zero-order valence-corrected chi connectivity index (χ0v) is 15.3. The predicted octanol–water partition coefficient (Wildman–Crippen LogP) is 4.30. The molecule has 0 unspecified atom stereocenters. The maximum Gasteiger partial charge on any atom is 0.165 e. The average molecular weight is 384 g/mol. The van der Waals surface area contributed by atoms with Crippen LogP contribution in [0.15, 0.2) is 53.9 Å². The summed E-state index contributed by atoms with van der Waals surface area (Å²) in [6, 6.07) is 15.1. The van der Waals surface area contributed by atoms with Gasteiger partial charge in [-0.1, -0.05) is 28.9 Å². The molecule has 0 atom stereocenters. The fraction of sp³-hybridized carbons (Fsp3) is 0.0556. The average Bonchev–Trinajstić information content (AvgIpc) is 3.29. The molecule has 0 amide bonds. The topological polar surface area (TPSA) is 78.9 Å². The van der Waals surface area contributed by atoms with E-state index in [0.29, 0.717) is 27.2 Å². The van der Waals surface area contributed by atoms with E-state index >= 15 is 0 Å². The van der Waals surface area contributed by atoms with E-state index in [2.05, 4.69) is 15.3 Å². The molecule has 8 heteroatoms. The van der Waals surface area contributed by atoms with Crippen LogP contribution in [0.5, 0.6) is 5.75 Å². The van der Waals surface area contributed by atoms with Crippen molar-refractivity contribution in [2.75, 3.05) is 12.8 Å². The molecule has 0 aliphatic heterocycles. The van der Waals surface area contributed by atoms with Gasteiger partial charge >= 0.3 is 0 Å². The van der Waals surface area contributed by atoms with Crippen molar-refractivity contribution >= 4 is 28.8 Å². The molecule has 0 spiro atoms. The van der Waals surface area contributed by atoms with E-state index < -0.39 is 0 Å². The van der Waals surface area contributed by atoms with Crippen LogP contribution in [0.1, 0.15) is 0 Å². The number of aromatic nitrogens is 4. The van der Waals surface area contributed by atoms with E-state index in [9.17, 15) is 0 Å². The molecular formula is C18H14ClN5OS. The SMILES string of the molecule is COc1ccc(-c2csc(-c3nnn(-c4ccccc4Cl)c3N)n2)cc1. The number of ether oxygens (including phenoxy) is 1. The van der Waals surface area contributed by atoms with Gasteiger partial charge in [-0.25, -0.2) is 4.98 Å². The number of hydrogen-bond donors (Lipinski definition) is 1. The Morgan fingerprint density at radius 3 is 2.62 bits per heavy atom. The Kier molecular flexibility index (Phi) is 4.32. The molecule has 130 valence electrons. The highest BCUT2D eigenvalue weighted by molar-refractivity contribution is 7.13. The summed E-state index contributed by atoms with van der Waals surface area (Å²) in [5, 5.41) is 11.5. The Balaban J connectivity index is 1.69. The summed E-state index contributed by atoms with van der Waals surface area (Å²) < 4.78 is 6.70. The number of methoxy groups -OCH3 is 1. The van der Waals surface area contributed by atoms with E-state index in [1.54, 1.807) is 13.2 Å². The number of benzene rings is 2. The van der Waals surface area contributed by atoms with Crippen molar-refractivity contribution in [1.29, 1.82) is 0 Å². The molecule has 0 saturated heterocycles. The Morgan fingerprint density at radius 2 is 1.88 bits per heavy atom. The van der Waals surface area contributed by atoms with Crippen LogP contribution in [0, 0.1) is 0 Å². The van der Waals surface area contributed by atoms with Gasteiger partial charge in [-0.2, -0.15) is 4.68 Å². The third-order valence-electron chi connectivity index (χ3n) is 3.88. The van der Waals surface area contributed by atoms with Crippen molar-refractivity contribution in [1.82, 2.24) is 20.0 Å². The smallest absolute Gasteiger partial charge is 0.165 e. The molecule has 0 aliphatic rings. The molecule has 0 bridgehead atoms. The summed E-state index contributed by atoms with van der Waals surface area (Å²) in [4.78, 5) is 4.65. The molecule has 6 nitrogen and oxygen atoms in total. The van der Waals surface area contributed by atoms with Crippen molar-refractivity contribution in [3.8, 4) is 33.4 Å². The second-order valence-electron chi connectivity index (χ2n) is 5.45. The van der Waals surface area contributed by atoms with Crippen molar-refractivity contribution in [3.05, 3.63) is 58.9 Å². The maximum atomic E-state index is 6.25. The lowest BCUT2D eigenvalue weighted by molar-refractivity contribution is 0.415. The zero-order chi connectivity index (χ0) is 18.1. The first-order valence-electron chi connectivity index (χ1n) is 7.74. The Morgan fingerprint density at radius 1 is 1.12 bits per heavy atom. The summed E-state index contributed by atoms with van der Waals surface area (Å²) in [5.74, 6) is 1.20. The number of hydrogen-bond acceptors (Lipinski definition) is 6. The van der Waals surface area contributed by atoms with Gasteiger partial charge in [0.1, 0.15) is 10.8 Å². The Hall–Kier alpha value is -2.90. The first-order chi connectivity index (χ1) is 12.7. The van der Waals surface area contributed by atoms with E-state index in [4.69, 9.17) is 22.1 Å². The van der Waals surface area contributed by atoms with Crippen LogP contribution >= 0.6 is 22.9 Å². The van der Waals surface area contributed by atoms with Gasteiger partial charge in [0, 0.05) is 10.9 Å². The van der Waals surface area contributed by atoms with E-state index in [0.717, 1.165) is 17.0 Å². The van der Waals surface area contributed by atoms with Gasteiger partial charge in [-0.05, 0) is 36.4 Å². The number of thiazole rings is 1. The Labute approximate surface area is 158 Å². The monoisotopic (exact) mass is 383 g/mol. The second-order valence-corrected chi connectivity index (χ2v) is 6.72. The third-order valence-corrected chi connectivity index (χ3v) is 5.05. The molecule has 0 saturated carbocycles. The van der Waals surface area contributed by atoms with Crippen LogP contribution in [0.2, 0.25) is 5.02 Å². The molecule has 0 fully saturated rings. The number of anilines is 1. The van der Waals surface area contributed by atoms with E-state index in [1.165, 1.54) is 16.0 Å². The molecule has 0 radical (unpaired) electrons. The first-order valence-corrected chi connectivity index (χ1v) is 8.99. The summed E-state index contributed by atoms with van der Waals surface area (Å²) in [6.45, 7) is 0. The fourth-order valence-electron chi connectivity index (χ4n) is 2.52. The van der Waals surface area contributed by atoms with Gasteiger partial charge in [-0.3, -0.25) is 0 Å². The van der Waals surface area contributed by atoms with Gasteiger partial charge in [0.15, 0.2) is 11.5 Å². The van der Waals surface area contributed by atoms with Crippen LogP contribution in [0.3, 0.4) is 0 Å². The van der Waals surface area contributed by atoms with Gasteiger partial charge in [0.05, 0.1) is 23.5 Å². The molecule has 0 aliphatic carbocycles. The van der Waals surface area contributed by atoms with Gasteiger partial charge in [0.2, 0.25) is 0 Å². The summed E-state index contributed by atoms with van der Waals surface area (Å²) >= 11 is 7.69. The van der Waals surface area contributed by atoms with Gasteiger partial charge < -0.3 is 10.5 Å². The number of rotatable bonds is 4. The molecule has 4 rings (SSSR count). The van der Waals surface area contributed by atoms with Crippen molar-refractivity contribution < 1.29 is 4.74 Å². The van der Waals surface area contributed by atoms with Crippen LogP contribution in [-0.4, -0.2) is 27.1 Å². The number of para-hydroxylation sites is 1. The van der Waals surface area contributed by atoms with Crippen LogP contribution in [0.25, 0.3) is 27.6 Å². The Bertz CT molecular complexity index is 1060. The van der Waals surface area contributed by atoms with Gasteiger partial charge in [-0.15, -0.1) is 16.4 Å². The lowest BCUT2D eigenvalue weighted by atomic mass is 10.2. The standard InChI is InChI=1S/C18H14ClN5OS/c1-25-12-8-6-11(7-9-12)14-10-26-18(21-14)16-17(20)24(23-22-16)15-5-3-2-4-13(15)19/h2-10H,20H2,1H3. The van der Waals surface area contributed by atoms with Crippen LogP contribution in [0.4, 0.5) is 5.82 Å². The molecule has 2 aromatic carbocycles. The largest absolute Gasteiger partial charge is 0.497 e. The van der Waals surface area contributed by atoms with Crippen molar-refractivity contribution in [2.24, 2.45) is 0 Å². The van der Waals surface area contributed by atoms with Crippen LogP contribution in [-0.2, 0) is 0 Å². The lowest BCUT2D eigenvalue weighted by Crippen LogP contribution is -2.02. The van der Waals surface area contributed by atoms with E-state index in [-0.39, 0.29) is 0 Å². The third kappa shape index (κ3) is 2.91. The number of halogens is 1. The number of nitrogen functional groups attached to an aromatic ring is 1. The molecular weight excluding hydrogens is 370 g/mol. The molecule has 26 heavy (non-hydrogen) atoms. The second kappa shape index (κ2) is 6.78. The maximum absolute atomic E-state index is 6.25. The molecule has 4 aromatic rings. The molecule has 2 heterocycles. The van der Waals surface area contributed by atoms with E-state index in [1.807, 2.05) is 47.8 Å². The van der Waals surface area contributed by atoms with Crippen molar-refractivity contribution in [2.45, 2.75) is 0 Å².